The van der Waals surface area contributed by atoms with E-state index < -0.39 is 36.1 Å². The van der Waals surface area contributed by atoms with E-state index in [1.165, 1.54) is 36.4 Å². The number of thiocarbonyl (C=S) groups is 1. The zero-order chi connectivity index (χ0) is 30.2. The Kier molecular flexibility index (Phi) is 13.4. The minimum Gasteiger partial charge on any atom is -0.467 e. The van der Waals surface area contributed by atoms with Crippen molar-refractivity contribution in [1.82, 2.24) is 16.0 Å². The first-order chi connectivity index (χ1) is 20.4. The van der Waals surface area contributed by atoms with E-state index in [1.807, 2.05) is 36.4 Å². The largest absolute Gasteiger partial charge is 0.467 e. The molecule has 0 heterocycles. The van der Waals surface area contributed by atoms with Gasteiger partial charge in [-0.1, -0.05) is 72.8 Å². The van der Waals surface area contributed by atoms with E-state index in [4.69, 9.17) is 17.0 Å². The molecule has 3 aromatic rings. The molecular weight excluding hydrogens is 555 g/mol. The van der Waals surface area contributed by atoms with E-state index in [0.717, 1.165) is 6.42 Å². The number of anilines is 1. The lowest BCUT2D eigenvalue weighted by atomic mass is 9.88. The van der Waals surface area contributed by atoms with Gasteiger partial charge >= 0.3 is 5.97 Å². The number of halogens is 1. The molecule has 8 nitrogen and oxygen atoms in total. The molecule has 42 heavy (non-hydrogen) atoms. The molecule has 3 aromatic carbocycles. The van der Waals surface area contributed by atoms with Crippen LogP contribution >= 0.6 is 12.2 Å². The van der Waals surface area contributed by atoms with Gasteiger partial charge in [0.2, 0.25) is 11.8 Å². The molecule has 0 radical (unpaired) electrons. The van der Waals surface area contributed by atoms with Crippen LogP contribution in [0.25, 0.3) is 0 Å². The second kappa shape index (κ2) is 17.5. The van der Waals surface area contributed by atoms with E-state index in [0.29, 0.717) is 37.5 Å². The molecule has 0 spiro atoms. The Morgan fingerprint density at radius 2 is 1.38 bits per heavy atom. The molecule has 0 aliphatic heterocycles. The van der Waals surface area contributed by atoms with Gasteiger partial charge in [0, 0.05) is 19.0 Å². The fraction of sp³-hybridized carbons (Fsp3) is 0.312. The number of esters is 1. The summed E-state index contributed by atoms with van der Waals surface area (Å²) in [5, 5.41) is 11.9. The van der Waals surface area contributed by atoms with Gasteiger partial charge in [0.1, 0.15) is 18.3 Å². The lowest BCUT2D eigenvalue weighted by Crippen LogP contribution is -2.42. The van der Waals surface area contributed by atoms with Crippen LogP contribution in [0.2, 0.25) is 0 Å². The number of hydrogen-bond acceptors (Lipinski definition) is 5. The molecule has 2 amide bonds. The second-order valence-corrected chi connectivity index (χ2v) is 10.1. The molecule has 10 heteroatoms. The summed E-state index contributed by atoms with van der Waals surface area (Å²) in [5.74, 6) is -2.31. The Morgan fingerprint density at radius 1 is 0.786 bits per heavy atom. The van der Waals surface area contributed by atoms with Gasteiger partial charge in [-0.3, -0.25) is 9.59 Å². The summed E-state index contributed by atoms with van der Waals surface area (Å²) in [6.07, 6.45) is 1.93. The van der Waals surface area contributed by atoms with Crippen molar-refractivity contribution in [2.24, 2.45) is 0 Å². The van der Waals surface area contributed by atoms with Gasteiger partial charge in [0.15, 0.2) is 5.11 Å². The molecule has 0 aromatic heterocycles. The van der Waals surface area contributed by atoms with Crippen LogP contribution in [0.4, 0.5) is 10.1 Å². The molecular formula is C32H37FN4O4S. The molecule has 222 valence electrons. The summed E-state index contributed by atoms with van der Waals surface area (Å²) in [4.78, 5) is 36.7. The second-order valence-electron chi connectivity index (χ2n) is 9.69. The number of methoxy groups -OCH3 is 1. The van der Waals surface area contributed by atoms with Crippen LogP contribution in [0, 0.1) is 5.82 Å². The average molecular weight is 593 g/mol. The highest BCUT2D eigenvalue weighted by Crippen LogP contribution is 2.27. The van der Waals surface area contributed by atoms with Crippen molar-refractivity contribution in [2.75, 3.05) is 25.5 Å². The van der Waals surface area contributed by atoms with E-state index in [1.54, 1.807) is 6.07 Å². The Morgan fingerprint density at radius 3 is 2.00 bits per heavy atom. The van der Waals surface area contributed by atoms with Gasteiger partial charge in [-0.05, 0) is 61.2 Å². The minimum atomic E-state index is -0.901. The highest BCUT2D eigenvalue weighted by Gasteiger charge is 2.22. The Hall–Kier alpha value is -4.31. The number of amides is 2. The zero-order valence-corrected chi connectivity index (χ0v) is 24.4. The number of rotatable bonds is 15. The van der Waals surface area contributed by atoms with Crippen LogP contribution in [0.5, 0.6) is 0 Å². The number of benzene rings is 3. The van der Waals surface area contributed by atoms with Gasteiger partial charge in [-0.15, -0.1) is 0 Å². The van der Waals surface area contributed by atoms with Crippen molar-refractivity contribution >= 4 is 40.8 Å². The number of unbranched alkanes of at least 4 members (excludes halogenated alkanes) is 1. The van der Waals surface area contributed by atoms with Gasteiger partial charge in [-0.2, -0.15) is 0 Å². The molecule has 0 aliphatic rings. The van der Waals surface area contributed by atoms with Crippen molar-refractivity contribution < 1.29 is 23.5 Å². The summed E-state index contributed by atoms with van der Waals surface area (Å²) in [6, 6.07) is 25.5. The van der Waals surface area contributed by atoms with Crippen LogP contribution in [-0.4, -0.2) is 49.1 Å². The molecule has 3 rings (SSSR count). The molecule has 0 saturated carbocycles. The van der Waals surface area contributed by atoms with E-state index in [9.17, 15) is 18.8 Å². The summed E-state index contributed by atoms with van der Waals surface area (Å²) >= 11 is 5.44. The van der Waals surface area contributed by atoms with Gasteiger partial charge < -0.3 is 26.0 Å². The first kappa shape index (κ1) is 32.2. The quantitative estimate of drug-likeness (QED) is 0.0879. The Labute approximate surface area is 251 Å². The molecule has 0 unspecified atom stereocenters. The Bertz CT molecular complexity index is 1270. The predicted molar refractivity (Wildman–Crippen MR) is 165 cm³/mol. The van der Waals surface area contributed by atoms with Crippen molar-refractivity contribution in [3.05, 3.63) is 102 Å². The SMILES string of the molecule is COC(=O)[C@H](CCCCNC(=S)NCCC(c1ccccc1)c1ccccc1)NC(=O)CC(=O)Nc1ccccc1F. The lowest BCUT2D eigenvalue weighted by molar-refractivity contribution is -0.145. The number of para-hydroxylation sites is 1. The molecule has 4 N–H and O–H groups in total. The highest BCUT2D eigenvalue weighted by molar-refractivity contribution is 7.80. The number of ether oxygens (including phenoxy) is 1. The van der Waals surface area contributed by atoms with Crippen LogP contribution in [0.3, 0.4) is 0 Å². The van der Waals surface area contributed by atoms with Crippen molar-refractivity contribution in [2.45, 2.75) is 44.1 Å². The van der Waals surface area contributed by atoms with Crippen LogP contribution in [0.1, 0.15) is 49.1 Å². The third-order valence-electron chi connectivity index (χ3n) is 6.62. The molecule has 0 aliphatic carbocycles. The van der Waals surface area contributed by atoms with Gasteiger partial charge in [0.05, 0.1) is 12.8 Å². The summed E-state index contributed by atoms with van der Waals surface area (Å²) in [7, 11) is 1.23. The lowest BCUT2D eigenvalue weighted by Gasteiger charge is -2.19. The first-order valence-corrected chi connectivity index (χ1v) is 14.3. The average Bonchev–Trinajstić information content (AvgIpc) is 3.00. The van der Waals surface area contributed by atoms with Crippen LogP contribution in [-0.2, 0) is 19.1 Å². The summed E-state index contributed by atoms with van der Waals surface area (Å²) in [5.41, 5.74) is 2.48. The van der Waals surface area contributed by atoms with Crippen molar-refractivity contribution in [1.29, 1.82) is 0 Å². The first-order valence-electron chi connectivity index (χ1n) is 13.9. The van der Waals surface area contributed by atoms with E-state index in [-0.39, 0.29) is 11.6 Å². The van der Waals surface area contributed by atoms with Crippen LogP contribution < -0.4 is 21.3 Å². The predicted octanol–water partition coefficient (Wildman–Crippen LogP) is 4.67. The zero-order valence-electron chi connectivity index (χ0n) is 23.6. The molecule has 0 fully saturated rings. The van der Waals surface area contributed by atoms with Crippen LogP contribution in [0.15, 0.2) is 84.9 Å². The summed E-state index contributed by atoms with van der Waals surface area (Å²) < 4.78 is 18.5. The van der Waals surface area contributed by atoms with Gasteiger partial charge in [0.25, 0.3) is 0 Å². The van der Waals surface area contributed by atoms with Crippen molar-refractivity contribution in [3.8, 4) is 0 Å². The topological polar surface area (TPSA) is 109 Å². The number of carbonyl (C=O) groups is 3. The van der Waals surface area contributed by atoms with E-state index >= 15 is 0 Å². The normalized spacial score (nSPS) is 11.3. The van der Waals surface area contributed by atoms with Crippen molar-refractivity contribution in [3.63, 3.8) is 0 Å². The third kappa shape index (κ3) is 10.9. The Balaban J connectivity index is 1.36. The van der Waals surface area contributed by atoms with Gasteiger partial charge in [-0.25, -0.2) is 9.18 Å². The maximum atomic E-state index is 13.7. The van der Waals surface area contributed by atoms with E-state index in [2.05, 4.69) is 45.5 Å². The fourth-order valence-corrected chi connectivity index (χ4v) is 4.71. The molecule has 0 saturated heterocycles. The maximum Gasteiger partial charge on any atom is 0.328 e. The minimum absolute atomic E-state index is 0.0214. The number of hydrogen-bond donors (Lipinski definition) is 4. The summed E-state index contributed by atoms with van der Waals surface area (Å²) in [6.45, 7) is 1.28. The molecule has 0 bridgehead atoms. The fourth-order valence-electron chi connectivity index (χ4n) is 4.50. The number of nitrogens with one attached hydrogen (secondary N) is 4. The standard InChI is InChI=1S/C32H37FN4O4S/c1-41-31(40)28(37-30(39)22-29(38)36-27-17-9-8-16-26(27)33)18-10-11-20-34-32(42)35-21-19-25(23-12-4-2-5-13-23)24-14-6-3-7-15-24/h2-9,12-17,25,28H,10-11,18-22H2,1H3,(H,36,38)(H,37,39)(H2,34,35,42)/t28-/m0/s1. The maximum absolute atomic E-state index is 13.7. The highest BCUT2D eigenvalue weighted by atomic mass is 32.1. The molecule has 1 atom stereocenters. The third-order valence-corrected chi connectivity index (χ3v) is 6.91. The monoisotopic (exact) mass is 592 g/mol. The smallest absolute Gasteiger partial charge is 0.328 e. The number of carbonyl (C=O) groups excluding carboxylic acids is 3.